The zero-order valence-corrected chi connectivity index (χ0v) is 12.8. The second kappa shape index (κ2) is 6.59. The summed E-state index contributed by atoms with van der Waals surface area (Å²) in [5.74, 6) is 1.17. The molecule has 24 heavy (non-hydrogen) atoms. The van der Waals surface area contributed by atoms with Gasteiger partial charge in [0.05, 0.1) is 25.3 Å². The van der Waals surface area contributed by atoms with Crippen molar-refractivity contribution in [1.29, 1.82) is 0 Å². The number of amides is 2. The second-order valence-corrected chi connectivity index (χ2v) is 5.51. The molecule has 1 aromatic carbocycles. The Morgan fingerprint density at radius 2 is 2.29 bits per heavy atom. The van der Waals surface area contributed by atoms with Crippen molar-refractivity contribution in [3.05, 3.63) is 53.7 Å². The van der Waals surface area contributed by atoms with E-state index in [0.717, 1.165) is 0 Å². The van der Waals surface area contributed by atoms with Crippen LogP contribution in [-0.2, 0) is 16.1 Å². The van der Waals surface area contributed by atoms with Crippen LogP contribution in [0.3, 0.4) is 0 Å². The Balaban J connectivity index is 1.91. The first-order valence-electron chi connectivity index (χ1n) is 7.42. The molecule has 2 amide bonds. The van der Waals surface area contributed by atoms with Gasteiger partial charge in [0.1, 0.15) is 11.6 Å². The SMILES string of the molecule is C#CCN(Cc1ccco1)C(=O)[C@@H]1CC(=O)Nc2ccc(F)cc21. The van der Waals surface area contributed by atoms with Gasteiger partial charge in [0.2, 0.25) is 11.8 Å². The molecule has 1 aliphatic heterocycles. The molecule has 0 bridgehead atoms. The van der Waals surface area contributed by atoms with Gasteiger partial charge < -0.3 is 14.6 Å². The van der Waals surface area contributed by atoms with E-state index in [-0.39, 0.29) is 31.3 Å². The third-order valence-electron chi connectivity index (χ3n) is 3.87. The third-order valence-corrected chi connectivity index (χ3v) is 3.87. The van der Waals surface area contributed by atoms with Crippen LogP contribution in [0.5, 0.6) is 0 Å². The first-order chi connectivity index (χ1) is 11.6. The number of furan rings is 1. The highest BCUT2D eigenvalue weighted by molar-refractivity contribution is 6.01. The van der Waals surface area contributed by atoms with Gasteiger partial charge in [-0.05, 0) is 35.9 Å². The van der Waals surface area contributed by atoms with Crippen LogP contribution >= 0.6 is 0 Å². The van der Waals surface area contributed by atoms with Crippen LogP contribution in [0.15, 0.2) is 41.0 Å². The van der Waals surface area contributed by atoms with Crippen molar-refractivity contribution in [2.75, 3.05) is 11.9 Å². The standard InChI is InChI=1S/C18H15FN2O3/c1-2-7-21(11-13-4-3-8-24-13)18(23)15-10-17(22)20-16-6-5-12(19)9-14(15)16/h1,3-6,8-9,15H,7,10-11H2,(H,20,22)/t15-/m1/s1. The molecule has 0 spiro atoms. The number of fused-ring (bicyclic) bond motifs is 1. The maximum Gasteiger partial charge on any atom is 0.231 e. The zero-order valence-electron chi connectivity index (χ0n) is 12.8. The lowest BCUT2D eigenvalue weighted by atomic mass is 9.89. The molecule has 2 aromatic rings. The van der Waals surface area contributed by atoms with Gasteiger partial charge >= 0.3 is 0 Å². The van der Waals surface area contributed by atoms with Crippen molar-refractivity contribution < 1.29 is 18.4 Å². The predicted octanol–water partition coefficient (Wildman–Crippen LogP) is 2.51. The highest BCUT2D eigenvalue weighted by Crippen LogP contribution is 2.34. The number of carbonyl (C=O) groups is 2. The summed E-state index contributed by atoms with van der Waals surface area (Å²) in [6, 6.07) is 7.43. The summed E-state index contributed by atoms with van der Waals surface area (Å²) in [5, 5.41) is 2.65. The van der Waals surface area contributed by atoms with Crippen LogP contribution in [0, 0.1) is 18.2 Å². The van der Waals surface area contributed by atoms with Crippen molar-refractivity contribution in [3.63, 3.8) is 0 Å². The largest absolute Gasteiger partial charge is 0.467 e. The van der Waals surface area contributed by atoms with Crippen LogP contribution in [-0.4, -0.2) is 23.3 Å². The maximum atomic E-state index is 13.6. The number of hydrogen-bond acceptors (Lipinski definition) is 3. The molecule has 6 heteroatoms. The molecule has 3 rings (SSSR count). The quantitative estimate of drug-likeness (QED) is 0.878. The highest BCUT2D eigenvalue weighted by atomic mass is 19.1. The van der Waals surface area contributed by atoms with E-state index < -0.39 is 11.7 Å². The summed E-state index contributed by atoms with van der Waals surface area (Å²) < 4.78 is 18.9. The molecule has 122 valence electrons. The molecule has 1 aromatic heterocycles. The van der Waals surface area contributed by atoms with E-state index in [1.54, 1.807) is 12.1 Å². The molecule has 0 radical (unpaired) electrons. The Bertz CT molecular complexity index is 808. The molecule has 0 saturated carbocycles. The van der Waals surface area contributed by atoms with Crippen molar-refractivity contribution in [3.8, 4) is 12.3 Å². The molecule has 1 N–H and O–H groups in total. The van der Waals surface area contributed by atoms with Crippen molar-refractivity contribution in [2.45, 2.75) is 18.9 Å². The zero-order chi connectivity index (χ0) is 17.1. The molecule has 0 aliphatic carbocycles. The van der Waals surface area contributed by atoms with Crippen molar-refractivity contribution >= 4 is 17.5 Å². The van der Waals surface area contributed by atoms with Crippen LogP contribution in [0.25, 0.3) is 0 Å². The Morgan fingerprint density at radius 1 is 1.46 bits per heavy atom. The van der Waals surface area contributed by atoms with Crippen LogP contribution in [0.4, 0.5) is 10.1 Å². The lowest BCUT2D eigenvalue weighted by molar-refractivity contribution is -0.135. The Hall–Kier alpha value is -3.07. The van der Waals surface area contributed by atoms with Gasteiger partial charge in [-0.15, -0.1) is 6.42 Å². The summed E-state index contributed by atoms with van der Waals surface area (Å²) >= 11 is 0. The molecular formula is C18H15FN2O3. The Morgan fingerprint density at radius 3 is 3.00 bits per heavy atom. The van der Waals surface area contributed by atoms with E-state index >= 15 is 0 Å². The van der Waals surface area contributed by atoms with Gasteiger partial charge in [-0.1, -0.05) is 5.92 Å². The fourth-order valence-corrected chi connectivity index (χ4v) is 2.79. The number of hydrogen-bond donors (Lipinski definition) is 1. The minimum Gasteiger partial charge on any atom is -0.467 e. The number of nitrogens with one attached hydrogen (secondary N) is 1. The minimum atomic E-state index is -0.771. The van der Waals surface area contributed by atoms with Gasteiger partial charge in [-0.25, -0.2) is 4.39 Å². The summed E-state index contributed by atoms with van der Waals surface area (Å²) in [7, 11) is 0. The minimum absolute atomic E-state index is 0.0471. The summed E-state index contributed by atoms with van der Waals surface area (Å²) in [6.45, 7) is 0.265. The Labute approximate surface area is 138 Å². The lowest BCUT2D eigenvalue weighted by Gasteiger charge is -2.29. The number of carbonyl (C=O) groups excluding carboxylic acids is 2. The third kappa shape index (κ3) is 3.15. The van der Waals surface area contributed by atoms with Crippen molar-refractivity contribution in [1.82, 2.24) is 4.90 Å². The molecular weight excluding hydrogens is 311 g/mol. The summed E-state index contributed by atoms with van der Waals surface area (Å²) in [5.41, 5.74) is 0.908. The number of nitrogens with zero attached hydrogens (tertiary/aromatic N) is 1. The second-order valence-electron chi connectivity index (χ2n) is 5.51. The molecule has 5 nitrogen and oxygen atoms in total. The van der Waals surface area contributed by atoms with Crippen molar-refractivity contribution in [2.24, 2.45) is 0 Å². The molecule has 0 fully saturated rings. The van der Waals surface area contributed by atoms with E-state index in [0.29, 0.717) is 17.0 Å². The number of anilines is 1. The first-order valence-corrected chi connectivity index (χ1v) is 7.42. The molecule has 0 unspecified atom stereocenters. The number of benzene rings is 1. The first kappa shape index (κ1) is 15.8. The van der Waals surface area contributed by atoms with Gasteiger partial charge in [-0.3, -0.25) is 9.59 Å². The molecule has 1 atom stereocenters. The van der Waals surface area contributed by atoms with E-state index in [1.165, 1.54) is 29.4 Å². The number of rotatable bonds is 4. The average Bonchev–Trinajstić information content (AvgIpc) is 3.06. The topological polar surface area (TPSA) is 62.6 Å². The maximum absolute atomic E-state index is 13.6. The Kier molecular flexibility index (Phi) is 4.34. The van der Waals surface area contributed by atoms with Crippen LogP contribution in [0.1, 0.15) is 23.7 Å². The summed E-state index contributed by atoms with van der Waals surface area (Å²) in [4.78, 5) is 26.2. The molecule has 0 saturated heterocycles. The number of halogens is 1. The average molecular weight is 326 g/mol. The van der Waals surface area contributed by atoms with Crippen LogP contribution < -0.4 is 5.32 Å². The van der Waals surface area contributed by atoms with Gasteiger partial charge in [0, 0.05) is 12.1 Å². The van der Waals surface area contributed by atoms with E-state index in [2.05, 4.69) is 11.2 Å². The molecule has 1 aliphatic rings. The monoisotopic (exact) mass is 326 g/mol. The normalized spacial score (nSPS) is 16.0. The lowest BCUT2D eigenvalue weighted by Crippen LogP contribution is -2.38. The van der Waals surface area contributed by atoms with E-state index in [4.69, 9.17) is 10.8 Å². The fraction of sp³-hybridized carbons (Fsp3) is 0.222. The van der Waals surface area contributed by atoms with E-state index in [9.17, 15) is 14.0 Å². The predicted molar refractivity (Wildman–Crippen MR) is 85.3 cm³/mol. The smallest absolute Gasteiger partial charge is 0.231 e. The highest BCUT2D eigenvalue weighted by Gasteiger charge is 2.34. The van der Waals surface area contributed by atoms with Gasteiger partial charge in [0.15, 0.2) is 0 Å². The fourth-order valence-electron chi connectivity index (χ4n) is 2.79. The van der Waals surface area contributed by atoms with Gasteiger partial charge in [-0.2, -0.15) is 0 Å². The molecule has 2 heterocycles. The van der Waals surface area contributed by atoms with Crippen LogP contribution in [0.2, 0.25) is 0 Å². The number of terminal acetylenes is 1. The van der Waals surface area contributed by atoms with E-state index in [1.807, 2.05) is 0 Å². The van der Waals surface area contributed by atoms with Gasteiger partial charge in [0.25, 0.3) is 0 Å². The summed E-state index contributed by atoms with van der Waals surface area (Å²) in [6.07, 6.45) is 6.82.